The number of benzene rings is 2. The fraction of sp³-hybridized carbons (Fsp3) is 0.576. The van der Waals surface area contributed by atoms with Gasteiger partial charge < -0.3 is 19.9 Å². The van der Waals surface area contributed by atoms with Crippen molar-refractivity contribution in [1.82, 2.24) is 0 Å². The van der Waals surface area contributed by atoms with Crippen LogP contribution in [0.25, 0.3) is 0 Å². The Balaban J connectivity index is 1.93. The molecule has 0 aliphatic carbocycles. The molecule has 0 unspecified atom stereocenters. The van der Waals surface area contributed by atoms with Crippen LogP contribution in [0.3, 0.4) is 0 Å². The van der Waals surface area contributed by atoms with E-state index in [1.54, 1.807) is 24.3 Å². The minimum Gasteiger partial charge on any atom is -0.507 e. The Morgan fingerprint density at radius 1 is 0.846 bits per heavy atom. The highest BCUT2D eigenvalue weighted by Gasteiger charge is 2.27. The van der Waals surface area contributed by atoms with Crippen LogP contribution in [-0.4, -0.2) is 30.2 Å². The van der Waals surface area contributed by atoms with E-state index >= 15 is 0 Å². The van der Waals surface area contributed by atoms with Crippen molar-refractivity contribution in [1.29, 1.82) is 0 Å². The van der Waals surface area contributed by atoms with Crippen LogP contribution in [0, 0.1) is 5.41 Å². The van der Waals surface area contributed by atoms with Crippen LogP contribution in [0.2, 0.25) is 0 Å². The second-order valence-electron chi connectivity index (χ2n) is 12.6. The molecule has 0 bridgehead atoms. The van der Waals surface area contributed by atoms with Crippen LogP contribution in [0.1, 0.15) is 105 Å². The number of hydrogen-bond acceptors (Lipinski definition) is 5. The number of aryl methyl sites for hydroxylation is 1. The Bertz CT molecular complexity index is 1060. The number of carbonyl (C=O) groups excluding carboxylic acids is 2. The van der Waals surface area contributed by atoms with Crippen LogP contribution in [-0.2, 0) is 31.6 Å². The van der Waals surface area contributed by atoms with Gasteiger partial charge in [-0.05, 0) is 77.5 Å². The molecule has 2 aromatic carbocycles. The van der Waals surface area contributed by atoms with Crippen molar-refractivity contribution in [3.8, 4) is 11.5 Å². The monoisotopic (exact) mass is 539 g/mol. The van der Waals surface area contributed by atoms with Crippen molar-refractivity contribution in [2.75, 3.05) is 18.5 Å². The molecule has 6 nitrogen and oxygen atoms in total. The lowest BCUT2D eigenvalue weighted by molar-refractivity contribution is -0.150. The summed E-state index contributed by atoms with van der Waals surface area (Å²) >= 11 is 0. The van der Waals surface area contributed by atoms with Gasteiger partial charge in [-0.25, -0.2) is 4.79 Å². The fourth-order valence-corrected chi connectivity index (χ4v) is 4.57. The lowest BCUT2D eigenvalue weighted by Crippen LogP contribution is -2.28. The van der Waals surface area contributed by atoms with Crippen molar-refractivity contribution in [3.05, 3.63) is 53.1 Å². The molecule has 0 saturated carbocycles. The topological polar surface area (TPSA) is 84.9 Å². The van der Waals surface area contributed by atoms with Gasteiger partial charge in [0.25, 0.3) is 0 Å². The van der Waals surface area contributed by atoms with E-state index in [1.807, 2.05) is 12.1 Å². The number of phenols is 1. The fourth-order valence-electron chi connectivity index (χ4n) is 4.57. The highest BCUT2D eigenvalue weighted by Crippen LogP contribution is 2.40. The molecule has 0 heterocycles. The highest BCUT2D eigenvalue weighted by molar-refractivity contribution is 5.90. The maximum absolute atomic E-state index is 12.7. The van der Waals surface area contributed by atoms with Crippen LogP contribution in [0.4, 0.5) is 5.69 Å². The average Bonchev–Trinajstić information content (AvgIpc) is 2.87. The van der Waals surface area contributed by atoms with E-state index in [9.17, 15) is 14.7 Å². The van der Waals surface area contributed by atoms with Gasteiger partial charge in [0.1, 0.15) is 11.5 Å². The number of rotatable bonds is 12. The maximum Gasteiger partial charge on any atom is 0.344 e. The zero-order valence-electron chi connectivity index (χ0n) is 25.5. The first-order valence-electron chi connectivity index (χ1n) is 14.2. The quantitative estimate of drug-likeness (QED) is 0.270. The normalized spacial score (nSPS) is 12.2. The molecule has 2 aromatic rings. The van der Waals surface area contributed by atoms with Gasteiger partial charge in [0.05, 0.1) is 6.61 Å². The van der Waals surface area contributed by atoms with E-state index in [4.69, 9.17) is 9.47 Å². The van der Waals surface area contributed by atoms with Gasteiger partial charge in [-0.15, -0.1) is 0 Å². The lowest BCUT2D eigenvalue weighted by atomic mass is 9.78. The van der Waals surface area contributed by atoms with E-state index in [0.717, 1.165) is 36.0 Å². The molecule has 0 aromatic heterocycles. The number of phenolic OH excluding ortho intramolecular Hbond substituents is 1. The number of anilines is 1. The molecule has 0 aliphatic heterocycles. The number of ether oxygens (including phenoxy) is 2. The molecule has 2 rings (SSSR count). The molecule has 6 heteroatoms. The second kappa shape index (κ2) is 13.4. The summed E-state index contributed by atoms with van der Waals surface area (Å²) in [5.41, 5.74) is 3.08. The molecule has 0 spiro atoms. The number of amides is 1. The van der Waals surface area contributed by atoms with Gasteiger partial charge in [0, 0.05) is 17.5 Å². The number of esters is 1. The van der Waals surface area contributed by atoms with Crippen molar-refractivity contribution < 1.29 is 24.2 Å². The zero-order valence-corrected chi connectivity index (χ0v) is 25.5. The molecule has 1 amide bonds. The van der Waals surface area contributed by atoms with Crippen LogP contribution in [0.15, 0.2) is 36.4 Å². The molecular weight excluding hydrogens is 490 g/mol. The summed E-state index contributed by atoms with van der Waals surface area (Å²) in [6.45, 7) is 19.1. The zero-order chi connectivity index (χ0) is 29.4. The first-order valence-corrected chi connectivity index (χ1v) is 14.2. The van der Waals surface area contributed by atoms with Gasteiger partial charge >= 0.3 is 5.97 Å². The van der Waals surface area contributed by atoms with Crippen LogP contribution < -0.4 is 10.1 Å². The molecule has 39 heavy (non-hydrogen) atoms. The minimum absolute atomic E-state index is 0.0293. The highest BCUT2D eigenvalue weighted by atomic mass is 16.6. The van der Waals surface area contributed by atoms with Crippen molar-refractivity contribution in [2.24, 2.45) is 5.41 Å². The summed E-state index contributed by atoms with van der Waals surface area (Å²) in [7, 11) is 0. The van der Waals surface area contributed by atoms with E-state index in [2.05, 4.69) is 67.6 Å². The largest absolute Gasteiger partial charge is 0.507 e. The third-order valence-corrected chi connectivity index (χ3v) is 7.71. The summed E-state index contributed by atoms with van der Waals surface area (Å²) in [5, 5.41) is 13.8. The van der Waals surface area contributed by atoms with Crippen LogP contribution >= 0.6 is 0 Å². The standard InChI is InChI=1S/C33H49NO5/c1-10-33(11-2,12-3)22-39-29(36)21-38-25-16-14-24(15-17-25)34-28(35)18-13-23-19-26(31(4,5)6)30(37)27(20-23)32(7,8)9/h14-17,19-20,37H,10-13,18,21-22H2,1-9H3,(H,34,35). The van der Waals surface area contributed by atoms with E-state index in [-0.39, 0.29) is 34.7 Å². The van der Waals surface area contributed by atoms with E-state index in [0.29, 0.717) is 36.6 Å². The SMILES string of the molecule is CCC(CC)(CC)COC(=O)COc1ccc(NC(=O)CCc2cc(C(C)(C)C)c(O)c(C(C)(C)C)c2)cc1. The van der Waals surface area contributed by atoms with Gasteiger partial charge in [-0.2, -0.15) is 0 Å². The number of carbonyl (C=O) groups is 2. The maximum atomic E-state index is 12.7. The Labute approximate surface area is 235 Å². The predicted octanol–water partition coefficient (Wildman–Crippen LogP) is 7.70. The number of nitrogens with one attached hydrogen (secondary N) is 1. The van der Waals surface area contributed by atoms with Crippen molar-refractivity contribution in [3.63, 3.8) is 0 Å². The Kier molecular flexibility index (Phi) is 11.0. The molecule has 0 radical (unpaired) electrons. The molecule has 0 saturated heterocycles. The summed E-state index contributed by atoms with van der Waals surface area (Å²) in [4.78, 5) is 24.9. The van der Waals surface area contributed by atoms with Crippen molar-refractivity contribution >= 4 is 17.6 Å². The summed E-state index contributed by atoms with van der Waals surface area (Å²) in [6.07, 6.45) is 3.78. The van der Waals surface area contributed by atoms with Gasteiger partial charge in [0.15, 0.2) is 6.61 Å². The van der Waals surface area contributed by atoms with Gasteiger partial charge in [-0.1, -0.05) is 74.4 Å². The third-order valence-electron chi connectivity index (χ3n) is 7.71. The van der Waals surface area contributed by atoms with E-state index < -0.39 is 0 Å². The predicted molar refractivity (Wildman–Crippen MR) is 159 cm³/mol. The molecule has 0 aliphatic rings. The molecule has 2 N–H and O–H groups in total. The number of aromatic hydroxyl groups is 1. The van der Waals surface area contributed by atoms with Crippen molar-refractivity contribution in [2.45, 2.75) is 105 Å². The number of hydrogen-bond donors (Lipinski definition) is 2. The van der Waals surface area contributed by atoms with Crippen LogP contribution in [0.5, 0.6) is 11.5 Å². The Morgan fingerprint density at radius 2 is 1.36 bits per heavy atom. The molecule has 0 fully saturated rings. The third kappa shape index (κ3) is 9.29. The molecular formula is C33H49NO5. The summed E-state index contributed by atoms with van der Waals surface area (Å²) in [6, 6.07) is 11.0. The first kappa shape index (κ1) is 32.2. The Hall–Kier alpha value is -3.02. The molecule has 0 atom stereocenters. The molecule has 216 valence electrons. The minimum atomic E-state index is -0.384. The smallest absolute Gasteiger partial charge is 0.344 e. The Morgan fingerprint density at radius 3 is 1.82 bits per heavy atom. The summed E-state index contributed by atoms with van der Waals surface area (Å²) in [5.74, 6) is 0.396. The van der Waals surface area contributed by atoms with Gasteiger partial charge in [0.2, 0.25) is 5.91 Å². The lowest BCUT2D eigenvalue weighted by Gasteiger charge is -2.29. The van der Waals surface area contributed by atoms with Gasteiger partial charge in [-0.3, -0.25) is 4.79 Å². The van der Waals surface area contributed by atoms with E-state index in [1.165, 1.54) is 0 Å². The summed E-state index contributed by atoms with van der Waals surface area (Å²) < 4.78 is 11.0. The first-order chi connectivity index (χ1) is 18.1. The second-order valence-corrected chi connectivity index (χ2v) is 12.6. The average molecular weight is 540 g/mol.